The van der Waals surface area contributed by atoms with Crippen molar-refractivity contribution in [2.75, 3.05) is 0 Å². The van der Waals surface area contributed by atoms with Gasteiger partial charge in [-0.3, -0.25) is 4.79 Å². The Bertz CT molecular complexity index is 915. The van der Waals surface area contributed by atoms with Gasteiger partial charge in [0.15, 0.2) is 5.78 Å². The number of benzene rings is 2. The summed E-state index contributed by atoms with van der Waals surface area (Å²) in [5, 5.41) is 20.3. The highest BCUT2D eigenvalue weighted by Gasteiger charge is 2.23. The predicted octanol–water partition coefficient (Wildman–Crippen LogP) is 3.01. The van der Waals surface area contributed by atoms with Gasteiger partial charge >= 0.3 is 0 Å². The van der Waals surface area contributed by atoms with E-state index in [0.29, 0.717) is 16.9 Å². The number of ketones is 1. The maximum absolute atomic E-state index is 13.8. The second-order valence-corrected chi connectivity index (χ2v) is 6.45. The van der Waals surface area contributed by atoms with Crippen molar-refractivity contribution >= 4 is 17.5 Å². The van der Waals surface area contributed by atoms with Crippen LogP contribution in [0.3, 0.4) is 0 Å². The quantitative estimate of drug-likeness (QED) is 0.555. The van der Waals surface area contributed by atoms with Crippen LogP contribution >= 0.6 is 11.8 Å². The molecule has 0 aliphatic carbocycles. The van der Waals surface area contributed by atoms with Crippen LogP contribution < -0.4 is 0 Å². The van der Waals surface area contributed by atoms with Gasteiger partial charge in [-0.15, -0.1) is 5.10 Å². The average molecular weight is 362 g/mol. The van der Waals surface area contributed by atoms with Gasteiger partial charge in [0.05, 0.1) is 16.5 Å². The largest absolute Gasteiger partial charge is 0.508 e. The summed E-state index contributed by atoms with van der Waals surface area (Å²) in [6.07, 6.45) is 0. The Hall–Kier alpha value is -2.81. The molecule has 0 aliphatic rings. The van der Waals surface area contributed by atoms with Gasteiger partial charge in [0.1, 0.15) is 17.4 Å². The molecule has 1 unspecified atom stereocenters. The van der Waals surface area contributed by atoms with Gasteiger partial charge in [0.2, 0.25) is 5.16 Å². The minimum atomic E-state index is -0.907. The van der Waals surface area contributed by atoms with E-state index in [2.05, 4.69) is 15.5 Å². The number of phenols is 1. The van der Waals surface area contributed by atoms with E-state index in [0.717, 1.165) is 23.9 Å². The molecule has 0 aliphatic heterocycles. The molecule has 0 radical (unpaired) electrons. The lowest BCUT2D eigenvalue weighted by Gasteiger charge is -2.11. The van der Waals surface area contributed by atoms with Crippen molar-refractivity contribution < 1.29 is 18.7 Å². The Labute approximate surface area is 145 Å². The second-order valence-electron chi connectivity index (χ2n) is 5.14. The molecule has 1 heterocycles. The second kappa shape index (κ2) is 6.98. The number of carbonyl (C=O) groups excluding carboxylic acids is 1. The minimum absolute atomic E-state index is 0.0985. The molecule has 0 saturated heterocycles. The van der Waals surface area contributed by atoms with E-state index in [9.17, 15) is 18.7 Å². The third-order valence-corrected chi connectivity index (χ3v) is 4.42. The summed E-state index contributed by atoms with van der Waals surface area (Å²) in [6.45, 7) is 1.59. The highest BCUT2D eigenvalue weighted by Crippen LogP contribution is 2.26. The summed E-state index contributed by atoms with van der Waals surface area (Å²) in [7, 11) is 0. The number of Topliss-reactive ketones (excluding diaryl/α,β-unsaturated/α-hetero) is 1. The molecule has 0 bridgehead atoms. The van der Waals surface area contributed by atoms with Crippen molar-refractivity contribution in [3.63, 3.8) is 0 Å². The van der Waals surface area contributed by atoms with Crippen molar-refractivity contribution in [3.8, 4) is 11.4 Å². The molecule has 0 fully saturated rings. The summed E-state index contributed by atoms with van der Waals surface area (Å²) in [4.78, 5) is 12.4. The lowest BCUT2D eigenvalue weighted by atomic mass is 10.1. The zero-order valence-corrected chi connectivity index (χ0v) is 13.7. The molecule has 1 atom stereocenters. The number of hydrogen-bond acceptors (Lipinski definition) is 6. The van der Waals surface area contributed by atoms with Crippen LogP contribution in [0, 0.1) is 11.6 Å². The molecule has 1 aromatic heterocycles. The third-order valence-electron chi connectivity index (χ3n) is 3.38. The molecule has 3 rings (SSSR count). The van der Waals surface area contributed by atoms with Gasteiger partial charge in [-0.1, -0.05) is 11.8 Å². The first-order valence-electron chi connectivity index (χ1n) is 7.19. The van der Waals surface area contributed by atoms with Crippen LogP contribution in [0.4, 0.5) is 8.78 Å². The summed E-state index contributed by atoms with van der Waals surface area (Å²) < 4.78 is 28.2. The topological polar surface area (TPSA) is 80.9 Å². The number of nitrogens with zero attached hydrogens (tertiary/aromatic N) is 4. The number of aromatic hydroxyl groups is 1. The molecule has 0 spiro atoms. The van der Waals surface area contributed by atoms with Gasteiger partial charge in [0.25, 0.3) is 0 Å². The number of hydrogen-bond donors (Lipinski definition) is 1. The Morgan fingerprint density at radius 1 is 1.20 bits per heavy atom. The summed E-state index contributed by atoms with van der Waals surface area (Å²) >= 11 is 1.05. The van der Waals surface area contributed by atoms with E-state index in [4.69, 9.17) is 0 Å². The number of aromatic nitrogens is 4. The number of carbonyl (C=O) groups is 1. The number of tetrazole rings is 1. The average Bonchev–Trinajstić information content (AvgIpc) is 3.03. The van der Waals surface area contributed by atoms with Crippen molar-refractivity contribution in [2.45, 2.75) is 17.3 Å². The maximum Gasteiger partial charge on any atom is 0.214 e. The minimum Gasteiger partial charge on any atom is -0.508 e. The van der Waals surface area contributed by atoms with Crippen LogP contribution in [0.1, 0.15) is 17.3 Å². The lowest BCUT2D eigenvalue weighted by Crippen LogP contribution is -2.16. The number of phenolic OH excluding ortho intramolecular Hbond substituents is 1. The van der Waals surface area contributed by atoms with Gasteiger partial charge in [-0.25, -0.2) is 8.78 Å². The Morgan fingerprint density at radius 3 is 2.60 bits per heavy atom. The first-order chi connectivity index (χ1) is 12.0. The fourth-order valence-electron chi connectivity index (χ4n) is 2.13. The Balaban J connectivity index is 1.82. The first-order valence-corrected chi connectivity index (χ1v) is 8.07. The molecule has 128 valence electrons. The van der Waals surface area contributed by atoms with Crippen LogP contribution in [0.5, 0.6) is 5.75 Å². The molecule has 0 amide bonds. The predicted molar refractivity (Wildman–Crippen MR) is 86.8 cm³/mol. The van der Waals surface area contributed by atoms with E-state index in [-0.39, 0.29) is 11.3 Å². The standard InChI is InChI=1S/C16H12F2N4O2S/c1-9(15(24)13-7-2-10(17)8-14(13)18)25-16-19-20-21-22(16)11-3-5-12(23)6-4-11/h2-9,23H,1H3. The van der Waals surface area contributed by atoms with Crippen molar-refractivity contribution in [3.05, 3.63) is 59.7 Å². The number of rotatable bonds is 5. The lowest BCUT2D eigenvalue weighted by molar-refractivity contribution is 0.0990. The SMILES string of the molecule is CC(Sc1nnnn1-c1ccc(O)cc1)C(=O)c1ccc(F)cc1F. The van der Waals surface area contributed by atoms with Gasteiger partial charge in [-0.2, -0.15) is 4.68 Å². The normalized spacial score (nSPS) is 12.1. The molecule has 0 saturated carbocycles. The fraction of sp³-hybridized carbons (Fsp3) is 0.125. The van der Waals surface area contributed by atoms with Crippen LogP contribution in [0.15, 0.2) is 47.6 Å². The highest BCUT2D eigenvalue weighted by molar-refractivity contribution is 8.00. The van der Waals surface area contributed by atoms with E-state index in [1.54, 1.807) is 19.1 Å². The van der Waals surface area contributed by atoms with Gasteiger partial charge < -0.3 is 5.11 Å². The summed E-state index contributed by atoms with van der Waals surface area (Å²) in [5.41, 5.74) is 0.406. The van der Waals surface area contributed by atoms with Crippen LogP contribution in [0.2, 0.25) is 0 Å². The Morgan fingerprint density at radius 2 is 1.92 bits per heavy atom. The first kappa shape index (κ1) is 17.0. The van der Waals surface area contributed by atoms with Crippen molar-refractivity contribution in [2.24, 2.45) is 0 Å². The molecular formula is C16H12F2N4O2S. The van der Waals surface area contributed by atoms with Crippen molar-refractivity contribution in [1.29, 1.82) is 0 Å². The fourth-order valence-corrected chi connectivity index (χ4v) is 3.00. The number of thioether (sulfide) groups is 1. The molecule has 25 heavy (non-hydrogen) atoms. The number of halogens is 2. The highest BCUT2D eigenvalue weighted by atomic mass is 32.2. The molecule has 2 aromatic carbocycles. The monoisotopic (exact) mass is 362 g/mol. The molecular weight excluding hydrogens is 350 g/mol. The zero-order valence-electron chi connectivity index (χ0n) is 12.9. The maximum atomic E-state index is 13.8. The van der Waals surface area contributed by atoms with Crippen molar-refractivity contribution in [1.82, 2.24) is 20.2 Å². The summed E-state index contributed by atoms with van der Waals surface area (Å²) in [6, 6.07) is 9.01. The van der Waals surface area contributed by atoms with E-state index < -0.39 is 22.7 Å². The van der Waals surface area contributed by atoms with E-state index in [1.807, 2.05) is 0 Å². The zero-order chi connectivity index (χ0) is 18.0. The smallest absolute Gasteiger partial charge is 0.214 e. The van der Waals surface area contributed by atoms with Crippen LogP contribution in [-0.2, 0) is 0 Å². The van der Waals surface area contributed by atoms with Gasteiger partial charge in [0, 0.05) is 6.07 Å². The molecule has 9 heteroatoms. The molecule has 1 N–H and O–H groups in total. The van der Waals surface area contributed by atoms with Gasteiger partial charge in [-0.05, 0) is 53.7 Å². The summed E-state index contributed by atoms with van der Waals surface area (Å²) in [5.74, 6) is -2.05. The van der Waals surface area contributed by atoms with Crippen LogP contribution in [0.25, 0.3) is 5.69 Å². The molecule has 3 aromatic rings. The van der Waals surface area contributed by atoms with E-state index >= 15 is 0 Å². The third kappa shape index (κ3) is 3.66. The Kier molecular flexibility index (Phi) is 4.75. The van der Waals surface area contributed by atoms with E-state index in [1.165, 1.54) is 16.8 Å². The molecule has 6 nitrogen and oxygen atoms in total. The van der Waals surface area contributed by atoms with Crippen LogP contribution in [-0.4, -0.2) is 36.3 Å².